The molecule has 2 heterocycles. The molecule has 0 aromatic carbocycles. The van der Waals surface area contributed by atoms with E-state index in [1.165, 1.54) is 0 Å². The third-order valence-electron chi connectivity index (χ3n) is 2.49. The fourth-order valence-corrected chi connectivity index (χ4v) is 1.47. The number of nitrogens with zero attached hydrogens (tertiary/aromatic N) is 1. The minimum absolute atomic E-state index is 0.176. The predicted molar refractivity (Wildman–Crippen MR) is 55.2 cm³/mol. The molecule has 9 heteroatoms. The first-order chi connectivity index (χ1) is 8.49. The number of rotatable bonds is 2. The van der Waals surface area contributed by atoms with Crippen LogP contribution in [0.25, 0.3) is 0 Å². The largest absolute Gasteiger partial charge is 0.433 e. The maximum Gasteiger partial charge on any atom is 0.298 e. The second-order valence-electron chi connectivity index (χ2n) is 3.82. The Labute approximate surface area is 100 Å². The number of halogens is 1. The molecule has 18 heavy (non-hydrogen) atoms. The highest BCUT2D eigenvalue weighted by atomic mass is 19.1. The summed E-state index contributed by atoms with van der Waals surface area (Å²) in [5, 5.41) is 18.8. The fraction of sp³-hybridized carbons (Fsp3) is 0.556. The third kappa shape index (κ3) is 2.48. The Bertz CT molecular complexity index is 482. The zero-order valence-corrected chi connectivity index (χ0v) is 9.12. The fourth-order valence-electron chi connectivity index (χ4n) is 1.47. The van der Waals surface area contributed by atoms with Gasteiger partial charge in [0.05, 0.1) is 18.8 Å². The molecule has 0 amide bonds. The molecule has 0 unspecified atom stereocenters. The second kappa shape index (κ2) is 4.98. The van der Waals surface area contributed by atoms with Crippen LogP contribution in [0, 0.1) is 5.82 Å². The van der Waals surface area contributed by atoms with Crippen molar-refractivity contribution in [2.75, 3.05) is 6.61 Å². The quantitative estimate of drug-likeness (QED) is 0.470. The van der Waals surface area contributed by atoms with E-state index >= 15 is 0 Å². The number of ether oxygens (including phenoxy) is 2. The van der Waals surface area contributed by atoms with Gasteiger partial charge in [-0.3, -0.25) is 9.78 Å². The van der Waals surface area contributed by atoms with E-state index in [9.17, 15) is 19.4 Å². The number of nitrogens with one attached hydrogen (secondary N) is 1. The summed E-state index contributed by atoms with van der Waals surface area (Å²) in [6, 6.07) is -1.31. The lowest BCUT2D eigenvalue weighted by Gasteiger charge is -2.35. The van der Waals surface area contributed by atoms with Crippen molar-refractivity contribution in [2.45, 2.75) is 24.5 Å². The number of aromatic nitrogens is 2. The van der Waals surface area contributed by atoms with Crippen LogP contribution in [0.4, 0.5) is 4.39 Å². The van der Waals surface area contributed by atoms with Gasteiger partial charge < -0.3 is 25.4 Å². The summed E-state index contributed by atoms with van der Waals surface area (Å²) in [6.07, 6.45) is -2.75. The lowest BCUT2D eigenvalue weighted by molar-refractivity contribution is -0.196. The van der Waals surface area contributed by atoms with Crippen molar-refractivity contribution >= 4 is 0 Å². The molecule has 1 aromatic rings. The molecule has 1 fully saturated rings. The van der Waals surface area contributed by atoms with Gasteiger partial charge >= 0.3 is 0 Å². The van der Waals surface area contributed by atoms with Crippen LogP contribution in [0.2, 0.25) is 0 Å². The summed E-state index contributed by atoms with van der Waals surface area (Å²) < 4.78 is 22.8. The molecule has 0 radical (unpaired) electrons. The van der Waals surface area contributed by atoms with Crippen LogP contribution in [-0.2, 0) is 4.74 Å². The van der Waals surface area contributed by atoms with Gasteiger partial charge in [-0.25, -0.2) is 4.98 Å². The van der Waals surface area contributed by atoms with Crippen molar-refractivity contribution in [1.82, 2.24) is 9.97 Å². The molecule has 1 aliphatic heterocycles. The van der Waals surface area contributed by atoms with Crippen LogP contribution in [0.1, 0.15) is 0 Å². The van der Waals surface area contributed by atoms with E-state index in [0.29, 0.717) is 6.20 Å². The minimum Gasteiger partial charge on any atom is -0.433 e. The van der Waals surface area contributed by atoms with Gasteiger partial charge in [-0.15, -0.1) is 0 Å². The summed E-state index contributed by atoms with van der Waals surface area (Å²) >= 11 is 0. The van der Waals surface area contributed by atoms with E-state index in [-0.39, 0.29) is 12.6 Å². The topological polar surface area (TPSA) is 131 Å². The highest BCUT2D eigenvalue weighted by molar-refractivity contribution is 4.98. The molecule has 0 spiro atoms. The smallest absolute Gasteiger partial charge is 0.298 e. The molecule has 4 atom stereocenters. The van der Waals surface area contributed by atoms with Crippen LogP contribution in [-0.4, -0.2) is 51.3 Å². The Morgan fingerprint density at radius 1 is 1.61 bits per heavy atom. The van der Waals surface area contributed by atoms with Crippen molar-refractivity contribution in [3.05, 3.63) is 22.4 Å². The first-order valence-corrected chi connectivity index (χ1v) is 5.14. The molecule has 100 valence electrons. The summed E-state index contributed by atoms with van der Waals surface area (Å²) in [6.45, 7) is -0.176. The van der Waals surface area contributed by atoms with Crippen molar-refractivity contribution in [1.29, 1.82) is 0 Å². The zero-order chi connectivity index (χ0) is 13.3. The van der Waals surface area contributed by atoms with Crippen molar-refractivity contribution in [3.8, 4) is 6.01 Å². The Hall–Kier alpha value is -1.55. The number of aromatic amines is 1. The molecule has 1 aromatic heterocycles. The van der Waals surface area contributed by atoms with E-state index in [4.69, 9.17) is 15.2 Å². The highest BCUT2D eigenvalue weighted by Gasteiger charge is 2.38. The average molecular weight is 261 g/mol. The molecular formula is C9H12FN3O5. The molecule has 0 aliphatic carbocycles. The van der Waals surface area contributed by atoms with Gasteiger partial charge in [0.1, 0.15) is 12.2 Å². The Morgan fingerprint density at radius 2 is 2.33 bits per heavy atom. The van der Waals surface area contributed by atoms with Crippen molar-refractivity contribution in [3.63, 3.8) is 0 Å². The van der Waals surface area contributed by atoms with E-state index < -0.39 is 35.9 Å². The first kappa shape index (κ1) is 12.9. The molecule has 5 N–H and O–H groups in total. The number of aliphatic hydroxyl groups excluding tert-OH is 2. The molecular weight excluding hydrogens is 249 g/mol. The minimum atomic E-state index is -1.23. The van der Waals surface area contributed by atoms with Crippen LogP contribution in [0.3, 0.4) is 0 Å². The van der Waals surface area contributed by atoms with Gasteiger partial charge in [0.25, 0.3) is 11.6 Å². The van der Waals surface area contributed by atoms with E-state index in [0.717, 1.165) is 0 Å². The molecule has 0 bridgehead atoms. The number of nitrogens with two attached hydrogens (primary N) is 1. The normalized spacial score (nSPS) is 32.2. The highest BCUT2D eigenvalue weighted by Crippen LogP contribution is 2.15. The first-order valence-electron chi connectivity index (χ1n) is 5.14. The molecule has 0 saturated carbocycles. The summed E-state index contributed by atoms with van der Waals surface area (Å²) in [5.41, 5.74) is 4.58. The van der Waals surface area contributed by atoms with E-state index in [2.05, 4.69) is 4.98 Å². The molecule has 2 rings (SSSR count). The number of hydrogen-bond acceptors (Lipinski definition) is 7. The van der Waals surface area contributed by atoms with Crippen molar-refractivity contribution in [2.24, 2.45) is 5.73 Å². The maximum atomic E-state index is 12.7. The average Bonchev–Trinajstić information content (AvgIpc) is 2.34. The van der Waals surface area contributed by atoms with Crippen molar-refractivity contribution < 1.29 is 24.1 Å². The monoisotopic (exact) mass is 261 g/mol. The summed E-state index contributed by atoms with van der Waals surface area (Å²) in [7, 11) is 0. The van der Waals surface area contributed by atoms with Gasteiger partial charge in [-0.1, -0.05) is 0 Å². The van der Waals surface area contributed by atoms with E-state index in [1.54, 1.807) is 0 Å². The molecule has 1 saturated heterocycles. The second-order valence-corrected chi connectivity index (χ2v) is 3.82. The summed E-state index contributed by atoms with van der Waals surface area (Å²) in [4.78, 5) is 16.5. The standard InChI is InChI=1S/C9H12FN3O5/c10-3-1-12-9(13-7(3)16)18-8-5(11)6(15)4(14)2-17-8/h1,4-6,8,14-15H,2,11H2,(H,12,13,16)/t4-,5-,6+,8+/m1/s1. The summed E-state index contributed by atoms with van der Waals surface area (Å²) in [5.74, 6) is -1.05. The van der Waals surface area contributed by atoms with Gasteiger partial charge in [-0.2, -0.15) is 4.39 Å². The Morgan fingerprint density at radius 3 is 3.00 bits per heavy atom. The lowest BCUT2D eigenvalue weighted by Crippen LogP contribution is -2.59. The SMILES string of the molecule is N[C@H]1[C@H](Oc2ncc(F)c(=O)[nH]2)OC[C@@H](O)[C@@H]1O. The number of aliphatic hydroxyl groups is 2. The molecule has 8 nitrogen and oxygen atoms in total. The van der Waals surface area contributed by atoms with Gasteiger partial charge in [-0.05, 0) is 0 Å². The van der Waals surface area contributed by atoms with Crippen LogP contribution >= 0.6 is 0 Å². The van der Waals surface area contributed by atoms with Gasteiger partial charge in [0.2, 0.25) is 12.1 Å². The Balaban J connectivity index is 2.09. The zero-order valence-electron chi connectivity index (χ0n) is 9.12. The van der Waals surface area contributed by atoms with Gasteiger partial charge in [0, 0.05) is 0 Å². The van der Waals surface area contributed by atoms with E-state index in [1.807, 2.05) is 4.98 Å². The lowest BCUT2D eigenvalue weighted by atomic mass is 10.0. The number of hydrogen-bond donors (Lipinski definition) is 4. The third-order valence-corrected chi connectivity index (χ3v) is 2.49. The molecule has 1 aliphatic rings. The van der Waals surface area contributed by atoms with Gasteiger partial charge in [0.15, 0.2) is 0 Å². The van der Waals surface area contributed by atoms with Crippen LogP contribution < -0.4 is 16.0 Å². The van der Waals surface area contributed by atoms with Crippen LogP contribution in [0.15, 0.2) is 11.0 Å². The maximum absolute atomic E-state index is 12.7. The predicted octanol–water partition coefficient (Wildman–Crippen LogP) is -2.31. The number of H-pyrrole nitrogens is 1. The Kier molecular flexibility index (Phi) is 3.57. The van der Waals surface area contributed by atoms with Crippen LogP contribution in [0.5, 0.6) is 6.01 Å².